The summed E-state index contributed by atoms with van der Waals surface area (Å²) in [6.45, 7) is 7.13. The monoisotopic (exact) mass is 258 g/mol. The molecule has 0 amide bonds. The van der Waals surface area contributed by atoms with Gasteiger partial charge in [-0.25, -0.2) is 0 Å². The molecule has 2 nitrogen and oxygen atoms in total. The van der Waals surface area contributed by atoms with E-state index >= 15 is 0 Å². The summed E-state index contributed by atoms with van der Waals surface area (Å²) in [4.78, 5) is 11.8. The van der Waals surface area contributed by atoms with E-state index in [4.69, 9.17) is 4.74 Å². The van der Waals surface area contributed by atoms with Crippen molar-refractivity contribution in [1.29, 1.82) is 0 Å². The smallest absolute Gasteiger partial charge is 0.156 e. The van der Waals surface area contributed by atoms with E-state index in [1.54, 1.807) is 6.08 Å². The molecule has 0 aromatic heterocycles. The number of carbonyl (C=O) groups excluding carboxylic acids is 1. The summed E-state index contributed by atoms with van der Waals surface area (Å²) >= 11 is 0. The standard InChI is InChI=1S/C17H22O2/c1-4-9-19-16-7-5-13(6-8-16)14-10-15(18)12-17(2,3)11-14/h5-8,10H,4,9,11-12H2,1-3H3. The van der Waals surface area contributed by atoms with Crippen molar-refractivity contribution in [1.82, 2.24) is 0 Å². The Kier molecular flexibility index (Phi) is 4.08. The molecule has 0 atom stereocenters. The van der Waals surface area contributed by atoms with Crippen molar-refractivity contribution in [3.63, 3.8) is 0 Å². The van der Waals surface area contributed by atoms with Crippen molar-refractivity contribution in [2.75, 3.05) is 6.61 Å². The van der Waals surface area contributed by atoms with E-state index in [1.165, 1.54) is 0 Å². The molecule has 0 bridgehead atoms. The first-order chi connectivity index (χ1) is 9.00. The molecule has 1 aliphatic carbocycles. The third-order valence-electron chi connectivity index (χ3n) is 3.35. The Morgan fingerprint density at radius 3 is 2.42 bits per heavy atom. The van der Waals surface area contributed by atoms with Crippen LogP contribution in [0.4, 0.5) is 0 Å². The van der Waals surface area contributed by atoms with Crippen LogP contribution in [0.2, 0.25) is 0 Å². The maximum Gasteiger partial charge on any atom is 0.156 e. The Balaban J connectivity index is 2.16. The normalized spacial score (nSPS) is 18.1. The summed E-state index contributed by atoms with van der Waals surface area (Å²) < 4.78 is 5.57. The van der Waals surface area contributed by atoms with Gasteiger partial charge in [0.15, 0.2) is 5.78 Å². The molecule has 102 valence electrons. The summed E-state index contributed by atoms with van der Waals surface area (Å²) in [5, 5.41) is 0. The van der Waals surface area contributed by atoms with Gasteiger partial charge in [0.05, 0.1) is 6.61 Å². The largest absolute Gasteiger partial charge is 0.494 e. The molecule has 0 radical (unpaired) electrons. The summed E-state index contributed by atoms with van der Waals surface area (Å²) in [6, 6.07) is 8.06. The predicted octanol–water partition coefficient (Wildman–Crippen LogP) is 4.25. The van der Waals surface area contributed by atoms with Crippen LogP contribution in [0.5, 0.6) is 5.75 Å². The van der Waals surface area contributed by atoms with E-state index in [-0.39, 0.29) is 11.2 Å². The number of benzene rings is 1. The second-order valence-corrected chi connectivity index (χ2v) is 6.03. The molecular weight excluding hydrogens is 236 g/mol. The van der Waals surface area contributed by atoms with Crippen LogP contribution in [0.25, 0.3) is 5.57 Å². The number of allylic oxidation sites excluding steroid dienone is 2. The SMILES string of the molecule is CCCOc1ccc(C2=CC(=O)CC(C)(C)C2)cc1. The Bertz CT molecular complexity index is 480. The average Bonchev–Trinajstić information content (AvgIpc) is 2.34. The van der Waals surface area contributed by atoms with E-state index in [2.05, 4.69) is 20.8 Å². The molecule has 0 spiro atoms. The lowest BCUT2D eigenvalue weighted by Gasteiger charge is -2.29. The molecule has 0 aliphatic heterocycles. The molecule has 0 N–H and O–H groups in total. The molecule has 0 fully saturated rings. The van der Waals surface area contributed by atoms with E-state index in [1.807, 2.05) is 24.3 Å². The Morgan fingerprint density at radius 1 is 1.16 bits per heavy atom. The fourth-order valence-corrected chi connectivity index (χ4v) is 2.52. The molecule has 2 heteroatoms. The number of ether oxygens (including phenoxy) is 1. The lowest BCUT2D eigenvalue weighted by atomic mass is 9.75. The summed E-state index contributed by atoms with van der Waals surface area (Å²) in [7, 11) is 0. The van der Waals surface area contributed by atoms with Crippen LogP contribution in [-0.4, -0.2) is 12.4 Å². The second kappa shape index (κ2) is 5.60. The molecule has 1 aromatic rings. The van der Waals surface area contributed by atoms with E-state index < -0.39 is 0 Å². The minimum Gasteiger partial charge on any atom is -0.494 e. The predicted molar refractivity (Wildman–Crippen MR) is 78.2 cm³/mol. The van der Waals surface area contributed by atoms with Gasteiger partial charge in [-0.05, 0) is 47.6 Å². The van der Waals surface area contributed by atoms with Gasteiger partial charge >= 0.3 is 0 Å². The zero-order valence-electron chi connectivity index (χ0n) is 12.0. The number of hydrogen-bond donors (Lipinski definition) is 0. The van der Waals surface area contributed by atoms with Crippen LogP contribution in [0, 0.1) is 5.41 Å². The Morgan fingerprint density at radius 2 is 1.84 bits per heavy atom. The molecule has 0 saturated carbocycles. The highest BCUT2D eigenvalue weighted by atomic mass is 16.5. The highest BCUT2D eigenvalue weighted by Gasteiger charge is 2.27. The molecular formula is C17H22O2. The number of rotatable bonds is 4. The van der Waals surface area contributed by atoms with Crippen LogP contribution in [0.3, 0.4) is 0 Å². The Labute approximate surface area is 115 Å². The average molecular weight is 258 g/mol. The Hall–Kier alpha value is -1.57. The zero-order valence-corrected chi connectivity index (χ0v) is 12.0. The lowest BCUT2D eigenvalue weighted by Crippen LogP contribution is -2.21. The first-order valence-electron chi connectivity index (χ1n) is 6.97. The highest BCUT2D eigenvalue weighted by Crippen LogP contribution is 2.38. The summed E-state index contributed by atoms with van der Waals surface area (Å²) in [5.74, 6) is 1.13. The molecule has 1 aliphatic rings. The van der Waals surface area contributed by atoms with Gasteiger partial charge in [0.25, 0.3) is 0 Å². The van der Waals surface area contributed by atoms with Gasteiger partial charge in [0.2, 0.25) is 0 Å². The van der Waals surface area contributed by atoms with Crippen LogP contribution in [0.15, 0.2) is 30.3 Å². The molecule has 0 heterocycles. The van der Waals surface area contributed by atoms with Crippen molar-refractivity contribution in [3.8, 4) is 5.75 Å². The zero-order chi connectivity index (χ0) is 13.9. The van der Waals surface area contributed by atoms with Crippen LogP contribution < -0.4 is 4.74 Å². The van der Waals surface area contributed by atoms with E-state index in [0.29, 0.717) is 6.42 Å². The molecule has 19 heavy (non-hydrogen) atoms. The van der Waals surface area contributed by atoms with Gasteiger partial charge in [-0.15, -0.1) is 0 Å². The van der Waals surface area contributed by atoms with Gasteiger partial charge in [0, 0.05) is 6.42 Å². The van der Waals surface area contributed by atoms with Crippen molar-refractivity contribution in [3.05, 3.63) is 35.9 Å². The van der Waals surface area contributed by atoms with Crippen molar-refractivity contribution in [2.24, 2.45) is 5.41 Å². The maximum atomic E-state index is 11.8. The van der Waals surface area contributed by atoms with Crippen LogP contribution in [-0.2, 0) is 4.79 Å². The molecule has 0 unspecified atom stereocenters. The minimum absolute atomic E-state index is 0.0680. The van der Waals surface area contributed by atoms with Crippen LogP contribution in [0.1, 0.15) is 45.6 Å². The van der Waals surface area contributed by atoms with Gasteiger partial charge in [0.1, 0.15) is 5.75 Å². The van der Waals surface area contributed by atoms with Crippen molar-refractivity contribution < 1.29 is 9.53 Å². The number of ketones is 1. The second-order valence-electron chi connectivity index (χ2n) is 6.03. The fourth-order valence-electron chi connectivity index (χ4n) is 2.52. The van der Waals surface area contributed by atoms with E-state index in [9.17, 15) is 4.79 Å². The molecule has 0 saturated heterocycles. The van der Waals surface area contributed by atoms with Gasteiger partial charge in [-0.3, -0.25) is 4.79 Å². The van der Waals surface area contributed by atoms with Gasteiger partial charge in [-0.2, -0.15) is 0 Å². The van der Waals surface area contributed by atoms with Crippen molar-refractivity contribution in [2.45, 2.75) is 40.0 Å². The minimum atomic E-state index is 0.0680. The third kappa shape index (κ3) is 3.69. The topological polar surface area (TPSA) is 26.3 Å². The summed E-state index contributed by atoms with van der Waals surface area (Å²) in [6.07, 6.45) is 4.41. The quantitative estimate of drug-likeness (QED) is 0.807. The fraction of sp³-hybridized carbons (Fsp3) is 0.471. The van der Waals surface area contributed by atoms with Crippen LogP contribution >= 0.6 is 0 Å². The van der Waals surface area contributed by atoms with E-state index in [0.717, 1.165) is 36.3 Å². The lowest BCUT2D eigenvalue weighted by molar-refractivity contribution is -0.116. The molecule has 1 aromatic carbocycles. The third-order valence-corrected chi connectivity index (χ3v) is 3.35. The number of carbonyl (C=O) groups is 1. The first-order valence-corrected chi connectivity index (χ1v) is 6.97. The maximum absolute atomic E-state index is 11.8. The first kappa shape index (κ1) is 13.9. The highest BCUT2D eigenvalue weighted by molar-refractivity contribution is 5.99. The number of hydrogen-bond acceptors (Lipinski definition) is 2. The van der Waals surface area contributed by atoms with Gasteiger partial charge < -0.3 is 4.74 Å². The molecule has 2 rings (SSSR count). The van der Waals surface area contributed by atoms with Gasteiger partial charge in [-0.1, -0.05) is 32.9 Å². The summed E-state index contributed by atoms with van der Waals surface area (Å²) in [5.41, 5.74) is 2.34. The van der Waals surface area contributed by atoms with Crippen molar-refractivity contribution >= 4 is 11.4 Å².